The summed E-state index contributed by atoms with van der Waals surface area (Å²) < 4.78 is 47.9. The summed E-state index contributed by atoms with van der Waals surface area (Å²) in [7, 11) is 0. The SMILES string of the molecule is CCOC1=CC=C(Oc2ccc(C(F)(F)F)cn2)CC1. The van der Waals surface area contributed by atoms with Crippen LogP contribution in [-0.4, -0.2) is 11.6 Å². The maximum Gasteiger partial charge on any atom is 0.417 e. The van der Waals surface area contributed by atoms with Crippen LogP contribution in [0.3, 0.4) is 0 Å². The van der Waals surface area contributed by atoms with Crippen molar-refractivity contribution < 1.29 is 22.6 Å². The highest BCUT2D eigenvalue weighted by atomic mass is 19.4. The topological polar surface area (TPSA) is 31.4 Å². The molecule has 0 saturated carbocycles. The Morgan fingerprint density at radius 1 is 1.15 bits per heavy atom. The molecular formula is C14H14F3NO2. The maximum absolute atomic E-state index is 12.4. The molecule has 1 aromatic rings. The average molecular weight is 285 g/mol. The Kier molecular flexibility index (Phi) is 4.32. The number of nitrogens with zero attached hydrogens (tertiary/aromatic N) is 1. The molecule has 0 fully saturated rings. The Bertz CT molecular complexity index is 518. The van der Waals surface area contributed by atoms with Crippen molar-refractivity contribution in [1.29, 1.82) is 0 Å². The van der Waals surface area contributed by atoms with Crippen molar-refractivity contribution in [3.63, 3.8) is 0 Å². The summed E-state index contributed by atoms with van der Waals surface area (Å²) >= 11 is 0. The van der Waals surface area contributed by atoms with Gasteiger partial charge in [0.2, 0.25) is 5.88 Å². The van der Waals surface area contributed by atoms with E-state index in [9.17, 15) is 13.2 Å². The molecule has 0 N–H and O–H groups in total. The predicted octanol–water partition coefficient (Wildman–Crippen LogP) is 4.08. The molecule has 2 rings (SSSR count). The third-order valence-electron chi connectivity index (χ3n) is 2.70. The van der Waals surface area contributed by atoms with E-state index in [0.717, 1.165) is 18.0 Å². The molecule has 6 heteroatoms. The second-order valence-electron chi connectivity index (χ2n) is 4.18. The lowest BCUT2D eigenvalue weighted by Crippen LogP contribution is -2.07. The van der Waals surface area contributed by atoms with Crippen LogP contribution >= 0.6 is 0 Å². The smallest absolute Gasteiger partial charge is 0.417 e. The molecule has 0 radical (unpaired) electrons. The molecule has 1 aliphatic carbocycles. The Morgan fingerprint density at radius 3 is 2.35 bits per heavy atom. The third kappa shape index (κ3) is 3.76. The summed E-state index contributed by atoms with van der Waals surface area (Å²) in [6, 6.07) is 2.17. The van der Waals surface area contributed by atoms with Crippen molar-refractivity contribution >= 4 is 0 Å². The van der Waals surface area contributed by atoms with E-state index < -0.39 is 11.7 Å². The number of rotatable bonds is 4. The largest absolute Gasteiger partial charge is 0.498 e. The van der Waals surface area contributed by atoms with Gasteiger partial charge < -0.3 is 9.47 Å². The number of hydrogen-bond acceptors (Lipinski definition) is 3. The van der Waals surface area contributed by atoms with Gasteiger partial charge in [0.1, 0.15) is 5.76 Å². The van der Waals surface area contributed by atoms with E-state index in [-0.39, 0.29) is 5.88 Å². The van der Waals surface area contributed by atoms with Crippen molar-refractivity contribution in [1.82, 2.24) is 4.98 Å². The molecular weight excluding hydrogens is 271 g/mol. The summed E-state index contributed by atoms with van der Waals surface area (Å²) in [5.41, 5.74) is -0.791. The zero-order valence-corrected chi connectivity index (χ0v) is 10.9. The van der Waals surface area contributed by atoms with Crippen molar-refractivity contribution in [2.24, 2.45) is 0 Å². The van der Waals surface area contributed by atoms with Gasteiger partial charge in [-0.05, 0) is 25.1 Å². The zero-order chi connectivity index (χ0) is 14.6. The monoisotopic (exact) mass is 285 g/mol. The molecule has 0 amide bonds. The van der Waals surface area contributed by atoms with Gasteiger partial charge in [-0.15, -0.1) is 0 Å². The molecule has 0 atom stereocenters. The molecule has 20 heavy (non-hydrogen) atoms. The quantitative estimate of drug-likeness (QED) is 0.835. The number of aromatic nitrogens is 1. The lowest BCUT2D eigenvalue weighted by Gasteiger charge is -2.15. The molecule has 1 aliphatic rings. The average Bonchev–Trinajstić information content (AvgIpc) is 2.41. The normalized spacial score (nSPS) is 15.4. The molecule has 0 unspecified atom stereocenters. The van der Waals surface area contributed by atoms with Gasteiger partial charge in [0.25, 0.3) is 0 Å². The molecule has 108 valence electrons. The molecule has 0 saturated heterocycles. The Labute approximate surface area is 114 Å². The Morgan fingerprint density at radius 2 is 1.85 bits per heavy atom. The summed E-state index contributed by atoms with van der Waals surface area (Å²) in [5, 5.41) is 0. The van der Waals surface area contributed by atoms with Gasteiger partial charge in [-0.1, -0.05) is 0 Å². The molecule has 1 aromatic heterocycles. The van der Waals surface area contributed by atoms with Crippen LogP contribution in [0.25, 0.3) is 0 Å². The highest BCUT2D eigenvalue weighted by Crippen LogP contribution is 2.29. The van der Waals surface area contributed by atoms with Crippen molar-refractivity contribution in [2.75, 3.05) is 6.61 Å². The highest BCUT2D eigenvalue weighted by Gasteiger charge is 2.30. The minimum atomic E-state index is -4.38. The number of allylic oxidation sites excluding steroid dienone is 4. The van der Waals surface area contributed by atoms with Crippen LogP contribution in [0.4, 0.5) is 13.2 Å². The lowest BCUT2D eigenvalue weighted by molar-refractivity contribution is -0.137. The molecule has 0 aliphatic heterocycles. The maximum atomic E-state index is 12.4. The summed E-state index contributed by atoms with van der Waals surface area (Å²) in [6.07, 6.45) is 1.26. The van der Waals surface area contributed by atoms with Gasteiger partial charge in [0, 0.05) is 25.1 Å². The minimum Gasteiger partial charge on any atom is -0.498 e. The second kappa shape index (κ2) is 5.98. The first-order chi connectivity index (χ1) is 9.49. The summed E-state index contributed by atoms with van der Waals surface area (Å²) in [6.45, 7) is 2.51. The van der Waals surface area contributed by atoms with Crippen LogP contribution in [0.1, 0.15) is 25.3 Å². The van der Waals surface area contributed by atoms with Gasteiger partial charge >= 0.3 is 6.18 Å². The Hall–Kier alpha value is -1.98. The molecule has 0 spiro atoms. The number of hydrogen-bond donors (Lipinski definition) is 0. The molecule has 3 nitrogen and oxygen atoms in total. The van der Waals surface area contributed by atoms with E-state index in [0.29, 0.717) is 25.2 Å². The van der Waals surface area contributed by atoms with Crippen molar-refractivity contribution in [2.45, 2.75) is 25.9 Å². The number of halogens is 3. The van der Waals surface area contributed by atoms with Gasteiger partial charge in [-0.2, -0.15) is 13.2 Å². The third-order valence-corrected chi connectivity index (χ3v) is 2.70. The first-order valence-electron chi connectivity index (χ1n) is 6.22. The van der Waals surface area contributed by atoms with Crippen LogP contribution in [0, 0.1) is 0 Å². The predicted molar refractivity (Wildman–Crippen MR) is 66.9 cm³/mol. The van der Waals surface area contributed by atoms with Crippen molar-refractivity contribution in [3.05, 3.63) is 47.6 Å². The molecule has 0 aromatic carbocycles. The second-order valence-corrected chi connectivity index (χ2v) is 4.18. The zero-order valence-electron chi connectivity index (χ0n) is 10.9. The fourth-order valence-electron chi connectivity index (χ4n) is 1.73. The Balaban J connectivity index is 2.01. The van der Waals surface area contributed by atoms with Gasteiger partial charge in [0.05, 0.1) is 17.9 Å². The van der Waals surface area contributed by atoms with Crippen molar-refractivity contribution in [3.8, 4) is 5.88 Å². The van der Waals surface area contributed by atoms with E-state index >= 15 is 0 Å². The van der Waals surface area contributed by atoms with Gasteiger partial charge in [-0.25, -0.2) is 4.98 Å². The van der Waals surface area contributed by atoms with E-state index in [4.69, 9.17) is 9.47 Å². The standard InChI is InChI=1S/C14H14F3NO2/c1-2-19-11-4-6-12(7-5-11)20-13-8-3-10(9-18-13)14(15,16)17/h3-4,6,8-9H,2,5,7H2,1H3. The first-order valence-corrected chi connectivity index (χ1v) is 6.22. The van der Waals surface area contributed by atoms with Crippen LogP contribution in [0.5, 0.6) is 5.88 Å². The van der Waals surface area contributed by atoms with Crippen LogP contribution in [0.2, 0.25) is 0 Å². The van der Waals surface area contributed by atoms with Gasteiger partial charge in [0.15, 0.2) is 0 Å². The van der Waals surface area contributed by atoms with E-state index in [2.05, 4.69) is 4.98 Å². The lowest BCUT2D eigenvalue weighted by atomic mass is 10.1. The summed E-state index contributed by atoms with van der Waals surface area (Å²) in [4.78, 5) is 3.66. The van der Waals surface area contributed by atoms with E-state index in [1.165, 1.54) is 6.07 Å². The van der Waals surface area contributed by atoms with Crippen LogP contribution < -0.4 is 4.74 Å². The fraction of sp³-hybridized carbons (Fsp3) is 0.357. The highest BCUT2D eigenvalue weighted by molar-refractivity contribution is 5.24. The van der Waals surface area contributed by atoms with E-state index in [1.807, 2.05) is 6.92 Å². The van der Waals surface area contributed by atoms with Crippen LogP contribution in [0.15, 0.2) is 42.0 Å². The number of alkyl halides is 3. The van der Waals surface area contributed by atoms with E-state index in [1.54, 1.807) is 12.2 Å². The number of ether oxygens (including phenoxy) is 2. The first kappa shape index (κ1) is 14.4. The minimum absolute atomic E-state index is 0.150. The molecule has 1 heterocycles. The molecule has 0 bridgehead atoms. The fourth-order valence-corrected chi connectivity index (χ4v) is 1.73. The van der Waals surface area contributed by atoms with Gasteiger partial charge in [-0.3, -0.25) is 0 Å². The van der Waals surface area contributed by atoms with Crippen LogP contribution in [-0.2, 0) is 10.9 Å². The summed E-state index contributed by atoms with van der Waals surface area (Å²) in [5.74, 6) is 1.68. The number of pyridine rings is 1.